The predicted octanol–water partition coefficient (Wildman–Crippen LogP) is 1.71. The zero-order chi connectivity index (χ0) is 19.5. The molecule has 2 saturated heterocycles. The van der Waals surface area contributed by atoms with Crippen molar-refractivity contribution in [3.8, 4) is 11.5 Å². The number of hydrogen-bond acceptors (Lipinski definition) is 5. The van der Waals surface area contributed by atoms with Crippen LogP contribution in [0.4, 0.5) is 0 Å². The molecule has 1 aromatic rings. The van der Waals surface area contributed by atoms with Crippen LogP contribution >= 0.6 is 0 Å². The Bertz CT molecular complexity index is 722. The normalized spacial score (nSPS) is 20.5. The summed E-state index contributed by atoms with van der Waals surface area (Å²) in [4.78, 5) is 31.0. The third-order valence-corrected chi connectivity index (χ3v) is 6.03. The van der Waals surface area contributed by atoms with Crippen molar-refractivity contribution in [3.05, 3.63) is 23.8 Å². The number of fused-ring (bicyclic) bond motifs is 1. The molecule has 1 aromatic carbocycles. The van der Waals surface area contributed by atoms with Crippen LogP contribution in [0.5, 0.6) is 11.5 Å². The lowest BCUT2D eigenvalue weighted by Crippen LogP contribution is -2.51. The number of nitrogens with zero attached hydrogens (tertiary/aromatic N) is 3. The fourth-order valence-corrected chi connectivity index (χ4v) is 4.28. The van der Waals surface area contributed by atoms with Crippen molar-refractivity contribution in [1.82, 2.24) is 14.7 Å². The Balaban J connectivity index is 1.24. The molecule has 3 aliphatic rings. The molecule has 3 aliphatic heterocycles. The minimum atomic E-state index is 0.0707. The number of carbonyl (C=O) groups excluding carboxylic acids is 2. The molecule has 4 rings (SSSR count). The standard InChI is InChI=1S/C21H29N3O4/c1-2-20(25)23-7-5-17(6-8-23)21(26)24-11-9-22(10-12-24)14-16-3-4-18-19(13-16)28-15-27-18/h3-4,13,17H,2,5-12,14-15H2,1H3. The molecule has 7 nitrogen and oxygen atoms in total. The van der Waals surface area contributed by atoms with Crippen LogP contribution in [0.1, 0.15) is 31.7 Å². The first-order chi connectivity index (χ1) is 13.6. The van der Waals surface area contributed by atoms with E-state index in [1.54, 1.807) is 0 Å². The van der Waals surface area contributed by atoms with Crippen LogP contribution in [0.25, 0.3) is 0 Å². The quantitative estimate of drug-likeness (QED) is 0.787. The number of amides is 2. The first kappa shape index (κ1) is 19.1. The van der Waals surface area contributed by atoms with Gasteiger partial charge in [-0.1, -0.05) is 13.0 Å². The highest BCUT2D eigenvalue weighted by Gasteiger charge is 2.31. The van der Waals surface area contributed by atoms with Crippen molar-refractivity contribution in [1.29, 1.82) is 0 Å². The first-order valence-corrected chi connectivity index (χ1v) is 10.3. The molecule has 2 amide bonds. The van der Waals surface area contributed by atoms with Gasteiger partial charge in [-0.2, -0.15) is 0 Å². The summed E-state index contributed by atoms with van der Waals surface area (Å²) in [5, 5.41) is 0. The molecule has 152 valence electrons. The topological polar surface area (TPSA) is 62.3 Å². The Kier molecular flexibility index (Phi) is 5.71. The van der Waals surface area contributed by atoms with Crippen LogP contribution in [-0.4, -0.2) is 72.6 Å². The summed E-state index contributed by atoms with van der Waals surface area (Å²) in [6.07, 6.45) is 2.13. The molecule has 0 N–H and O–H groups in total. The van der Waals surface area contributed by atoms with Gasteiger partial charge in [-0.15, -0.1) is 0 Å². The predicted molar refractivity (Wildman–Crippen MR) is 104 cm³/mol. The minimum absolute atomic E-state index is 0.0707. The zero-order valence-electron chi connectivity index (χ0n) is 16.6. The molecule has 0 aliphatic carbocycles. The van der Waals surface area contributed by atoms with Gasteiger partial charge in [0, 0.05) is 58.2 Å². The van der Waals surface area contributed by atoms with Gasteiger partial charge in [0.15, 0.2) is 11.5 Å². The third-order valence-electron chi connectivity index (χ3n) is 6.03. The zero-order valence-corrected chi connectivity index (χ0v) is 16.6. The molecule has 0 radical (unpaired) electrons. The van der Waals surface area contributed by atoms with Crippen molar-refractivity contribution in [2.24, 2.45) is 5.92 Å². The first-order valence-electron chi connectivity index (χ1n) is 10.3. The number of ether oxygens (including phenoxy) is 2. The molecule has 0 saturated carbocycles. The van der Waals surface area contributed by atoms with Gasteiger partial charge in [-0.05, 0) is 30.5 Å². The van der Waals surface area contributed by atoms with Crippen molar-refractivity contribution in [2.75, 3.05) is 46.1 Å². The molecule has 0 spiro atoms. The van der Waals surface area contributed by atoms with Crippen LogP contribution in [0.2, 0.25) is 0 Å². The van der Waals surface area contributed by atoms with E-state index in [1.165, 1.54) is 5.56 Å². The summed E-state index contributed by atoms with van der Waals surface area (Å²) >= 11 is 0. The average molecular weight is 387 g/mol. The second kappa shape index (κ2) is 8.39. The van der Waals surface area contributed by atoms with E-state index in [4.69, 9.17) is 9.47 Å². The molecule has 0 bridgehead atoms. The van der Waals surface area contributed by atoms with E-state index in [0.29, 0.717) is 26.3 Å². The maximum atomic E-state index is 12.9. The number of rotatable bonds is 4. The van der Waals surface area contributed by atoms with Crippen molar-refractivity contribution in [3.63, 3.8) is 0 Å². The maximum absolute atomic E-state index is 12.9. The van der Waals surface area contributed by atoms with E-state index in [9.17, 15) is 9.59 Å². The lowest BCUT2D eigenvalue weighted by Gasteiger charge is -2.38. The number of hydrogen-bond donors (Lipinski definition) is 0. The highest BCUT2D eigenvalue weighted by atomic mass is 16.7. The molecule has 2 fully saturated rings. The monoisotopic (exact) mass is 387 g/mol. The SMILES string of the molecule is CCC(=O)N1CCC(C(=O)N2CCN(Cc3ccc4c(c3)OCO4)CC2)CC1. The van der Waals surface area contributed by atoms with Gasteiger partial charge < -0.3 is 19.3 Å². The number of piperazine rings is 1. The summed E-state index contributed by atoms with van der Waals surface area (Å²) in [5.41, 5.74) is 1.21. The summed E-state index contributed by atoms with van der Waals surface area (Å²) in [6.45, 7) is 7.79. The van der Waals surface area contributed by atoms with Crippen LogP contribution in [0, 0.1) is 5.92 Å². The van der Waals surface area contributed by atoms with Gasteiger partial charge in [0.2, 0.25) is 18.6 Å². The number of piperidine rings is 1. The van der Waals surface area contributed by atoms with Gasteiger partial charge >= 0.3 is 0 Å². The van der Waals surface area contributed by atoms with Gasteiger partial charge in [0.1, 0.15) is 0 Å². The Labute approximate surface area is 166 Å². The number of carbonyl (C=O) groups is 2. The van der Waals surface area contributed by atoms with Crippen molar-refractivity contribution in [2.45, 2.75) is 32.7 Å². The lowest BCUT2D eigenvalue weighted by atomic mass is 9.94. The minimum Gasteiger partial charge on any atom is -0.454 e. The molecule has 3 heterocycles. The molecule has 28 heavy (non-hydrogen) atoms. The second-order valence-electron chi connectivity index (χ2n) is 7.80. The van der Waals surface area contributed by atoms with Gasteiger partial charge in [0.25, 0.3) is 0 Å². The maximum Gasteiger partial charge on any atom is 0.231 e. The number of likely N-dealkylation sites (tertiary alicyclic amines) is 1. The molecule has 0 unspecified atom stereocenters. The Morgan fingerprint density at radius 2 is 1.68 bits per heavy atom. The molecule has 0 atom stereocenters. The van der Waals surface area contributed by atoms with E-state index in [0.717, 1.165) is 57.1 Å². The summed E-state index contributed by atoms with van der Waals surface area (Å²) < 4.78 is 10.8. The van der Waals surface area contributed by atoms with E-state index in [2.05, 4.69) is 11.0 Å². The van der Waals surface area contributed by atoms with E-state index in [1.807, 2.05) is 28.9 Å². The van der Waals surface area contributed by atoms with Crippen LogP contribution in [-0.2, 0) is 16.1 Å². The fourth-order valence-electron chi connectivity index (χ4n) is 4.28. The summed E-state index contributed by atoms with van der Waals surface area (Å²) in [7, 11) is 0. The van der Waals surface area contributed by atoms with Crippen LogP contribution < -0.4 is 9.47 Å². The van der Waals surface area contributed by atoms with Gasteiger partial charge in [0.05, 0.1) is 0 Å². The van der Waals surface area contributed by atoms with Gasteiger partial charge in [-0.25, -0.2) is 0 Å². The van der Waals surface area contributed by atoms with Crippen LogP contribution in [0.15, 0.2) is 18.2 Å². The molecular weight excluding hydrogens is 358 g/mol. The van der Waals surface area contributed by atoms with Crippen molar-refractivity contribution < 1.29 is 19.1 Å². The Morgan fingerprint density at radius 3 is 2.39 bits per heavy atom. The van der Waals surface area contributed by atoms with E-state index in [-0.39, 0.29) is 17.7 Å². The van der Waals surface area contributed by atoms with Crippen molar-refractivity contribution >= 4 is 11.8 Å². The highest BCUT2D eigenvalue weighted by Crippen LogP contribution is 2.33. The average Bonchev–Trinajstić information content (AvgIpc) is 3.21. The van der Waals surface area contributed by atoms with Crippen LogP contribution in [0.3, 0.4) is 0 Å². The Morgan fingerprint density at radius 1 is 0.964 bits per heavy atom. The van der Waals surface area contributed by atoms with Gasteiger partial charge in [-0.3, -0.25) is 14.5 Å². The van der Waals surface area contributed by atoms with E-state index >= 15 is 0 Å². The third kappa shape index (κ3) is 4.09. The second-order valence-corrected chi connectivity index (χ2v) is 7.80. The highest BCUT2D eigenvalue weighted by molar-refractivity contribution is 5.80. The molecular formula is C21H29N3O4. The summed E-state index contributed by atoms with van der Waals surface area (Å²) in [6, 6.07) is 6.09. The van der Waals surface area contributed by atoms with E-state index < -0.39 is 0 Å². The summed E-state index contributed by atoms with van der Waals surface area (Å²) in [5.74, 6) is 2.17. The molecule has 7 heteroatoms. The number of benzene rings is 1. The fraction of sp³-hybridized carbons (Fsp3) is 0.619. The smallest absolute Gasteiger partial charge is 0.231 e. The molecule has 0 aromatic heterocycles. The Hall–Kier alpha value is -2.28. The lowest BCUT2D eigenvalue weighted by molar-refractivity contribution is -0.142. The largest absolute Gasteiger partial charge is 0.454 e.